The Hall–Kier alpha value is -1.36. The number of fused-ring (bicyclic) bond motifs is 7. The van der Waals surface area contributed by atoms with E-state index in [1.54, 1.807) is 12.5 Å². The minimum absolute atomic E-state index is 0.0125. The maximum absolute atomic E-state index is 14.1. The molecule has 5 nitrogen and oxygen atoms in total. The molecule has 232 valence electrons. The van der Waals surface area contributed by atoms with Crippen molar-refractivity contribution < 1.29 is 14.3 Å². The zero-order valence-corrected chi connectivity index (χ0v) is 28.0. The highest BCUT2D eigenvalue weighted by Crippen LogP contribution is 2.75. The van der Waals surface area contributed by atoms with Gasteiger partial charge < -0.3 is 15.0 Å². The van der Waals surface area contributed by atoms with Gasteiger partial charge in [0, 0.05) is 25.4 Å². The zero-order valence-electron chi connectivity index (χ0n) is 28.0. The molecule has 0 aromatic carbocycles. The third kappa shape index (κ3) is 4.65. The lowest BCUT2D eigenvalue weighted by atomic mass is 9.33. The number of hydrogen-bond acceptors (Lipinski definition) is 4. The van der Waals surface area contributed by atoms with Crippen LogP contribution in [-0.4, -0.2) is 50.1 Å². The van der Waals surface area contributed by atoms with E-state index in [-0.39, 0.29) is 44.6 Å². The largest absolute Gasteiger partial charge is 0.462 e. The van der Waals surface area contributed by atoms with Crippen LogP contribution in [0.15, 0.2) is 11.6 Å². The molecule has 5 aliphatic rings. The molecule has 1 N–H and O–H groups in total. The molecule has 0 heterocycles. The summed E-state index contributed by atoms with van der Waals surface area (Å²) in [6.45, 7) is 20.6. The molecule has 0 aromatic rings. The topological polar surface area (TPSA) is 58.6 Å². The Kier molecular flexibility index (Phi) is 7.65. The van der Waals surface area contributed by atoms with Gasteiger partial charge in [-0.25, -0.2) is 0 Å². The van der Waals surface area contributed by atoms with Crippen LogP contribution in [0.3, 0.4) is 0 Å². The molecule has 41 heavy (non-hydrogen) atoms. The summed E-state index contributed by atoms with van der Waals surface area (Å²) in [7, 11) is 4.15. The summed E-state index contributed by atoms with van der Waals surface area (Å²) < 4.78 is 5.93. The number of carbonyl (C=O) groups excluding carboxylic acids is 2. The Morgan fingerprint density at radius 1 is 0.927 bits per heavy atom. The number of esters is 1. The summed E-state index contributed by atoms with van der Waals surface area (Å²) in [5.41, 5.74) is 2.16. The normalized spacial score (nSPS) is 44.4. The smallest absolute Gasteiger partial charge is 0.302 e. The first-order valence-electron chi connectivity index (χ1n) is 16.7. The molecule has 0 bridgehead atoms. The fourth-order valence-corrected chi connectivity index (χ4v) is 11.6. The van der Waals surface area contributed by atoms with E-state index in [1.807, 2.05) is 0 Å². The van der Waals surface area contributed by atoms with Crippen molar-refractivity contribution in [2.24, 2.45) is 50.2 Å². The van der Waals surface area contributed by atoms with Gasteiger partial charge in [0.1, 0.15) is 6.10 Å². The van der Waals surface area contributed by atoms with Crippen LogP contribution in [0.2, 0.25) is 0 Å². The molecular weight excluding hydrogens is 508 g/mol. The van der Waals surface area contributed by atoms with E-state index >= 15 is 0 Å². The number of carbonyl (C=O) groups is 2. The highest BCUT2D eigenvalue weighted by Gasteiger charge is 2.69. The van der Waals surface area contributed by atoms with E-state index in [0.29, 0.717) is 23.7 Å². The van der Waals surface area contributed by atoms with Crippen LogP contribution >= 0.6 is 0 Å². The molecule has 5 aliphatic carbocycles. The summed E-state index contributed by atoms with van der Waals surface area (Å²) in [5, 5.41) is 3.40. The summed E-state index contributed by atoms with van der Waals surface area (Å²) in [4.78, 5) is 28.2. The zero-order chi connectivity index (χ0) is 30.2. The molecule has 0 aliphatic heterocycles. The van der Waals surface area contributed by atoms with E-state index in [4.69, 9.17) is 4.74 Å². The number of hydrogen-bond donors (Lipinski definition) is 1. The van der Waals surface area contributed by atoms with Crippen LogP contribution in [0.5, 0.6) is 0 Å². The predicted octanol–water partition coefficient (Wildman–Crippen LogP) is 7.40. The van der Waals surface area contributed by atoms with E-state index in [1.165, 1.54) is 12.8 Å². The van der Waals surface area contributed by atoms with Gasteiger partial charge in [0.2, 0.25) is 5.91 Å². The number of ether oxygens (including phenoxy) is 1. The number of allylic oxidation sites excluding steroid dienone is 2. The predicted molar refractivity (Wildman–Crippen MR) is 166 cm³/mol. The number of nitrogens with zero attached hydrogens (tertiary/aromatic N) is 1. The molecule has 0 unspecified atom stereocenters. The van der Waals surface area contributed by atoms with Gasteiger partial charge in [-0.3, -0.25) is 9.59 Å². The van der Waals surface area contributed by atoms with Gasteiger partial charge in [-0.15, -0.1) is 0 Å². The van der Waals surface area contributed by atoms with Gasteiger partial charge in [0.25, 0.3) is 0 Å². The molecule has 4 fully saturated rings. The van der Waals surface area contributed by atoms with Gasteiger partial charge >= 0.3 is 5.97 Å². The average molecular weight is 569 g/mol. The highest BCUT2D eigenvalue weighted by molar-refractivity contribution is 5.84. The number of rotatable bonds is 5. The monoisotopic (exact) mass is 568 g/mol. The van der Waals surface area contributed by atoms with Crippen molar-refractivity contribution in [3.63, 3.8) is 0 Å². The van der Waals surface area contributed by atoms with Crippen LogP contribution in [0.4, 0.5) is 0 Å². The van der Waals surface area contributed by atoms with Crippen LogP contribution in [-0.2, 0) is 14.3 Å². The van der Waals surface area contributed by atoms with Crippen molar-refractivity contribution in [1.29, 1.82) is 0 Å². The van der Waals surface area contributed by atoms with Gasteiger partial charge in [0.15, 0.2) is 0 Å². The van der Waals surface area contributed by atoms with E-state index in [9.17, 15) is 9.59 Å². The molecule has 8 atom stereocenters. The lowest BCUT2D eigenvalue weighted by molar-refractivity contribution is -0.212. The van der Waals surface area contributed by atoms with Gasteiger partial charge in [0.05, 0.1) is 5.41 Å². The summed E-state index contributed by atoms with van der Waals surface area (Å²) in [6.07, 6.45) is 13.7. The number of amides is 1. The standard InChI is InChI=1S/C36H60N2O3/c1-24(39)41-29-14-15-33(6)27(32(29,4)5)13-16-35(8)28(33)12-11-25-26-23-31(2,3)17-19-36(26,20-18-34(25,35)7)30(40)37-21-22-38(9)10/h11,26-29H,12-23H2,1-10H3,(H,37,40)/t26-,27-,28-,29+,33+,34+,35-,36+/m1/s1. The Labute approximate surface area is 251 Å². The SMILES string of the molecule is CC(=O)O[C@H]1CC[C@@]2(C)[C@H](CC[C@]3(C)[C@@H]2CC=C2[C@H]4CC(C)(C)CC[C@]4(C(=O)NCCN(C)C)CC[C@@]23C)C1(C)C. The van der Waals surface area contributed by atoms with Crippen LogP contribution in [0.1, 0.15) is 120 Å². The Bertz CT molecular complexity index is 1090. The van der Waals surface area contributed by atoms with Crippen molar-refractivity contribution in [3.05, 3.63) is 11.6 Å². The summed E-state index contributed by atoms with van der Waals surface area (Å²) >= 11 is 0. The second-order valence-corrected chi connectivity index (χ2v) is 17.4. The maximum atomic E-state index is 14.1. The average Bonchev–Trinajstić information content (AvgIpc) is 2.85. The molecular formula is C36H60N2O3. The fraction of sp³-hybridized carbons (Fsp3) is 0.889. The van der Waals surface area contributed by atoms with Crippen LogP contribution in [0.25, 0.3) is 0 Å². The molecule has 4 saturated carbocycles. The maximum Gasteiger partial charge on any atom is 0.302 e. The Morgan fingerprint density at radius 3 is 2.27 bits per heavy atom. The van der Waals surface area contributed by atoms with Crippen molar-refractivity contribution >= 4 is 11.9 Å². The second kappa shape index (κ2) is 10.1. The van der Waals surface area contributed by atoms with E-state index < -0.39 is 0 Å². The van der Waals surface area contributed by atoms with Crippen molar-refractivity contribution in [2.45, 2.75) is 126 Å². The Balaban J connectivity index is 1.50. The summed E-state index contributed by atoms with van der Waals surface area (Å²) in [5.74, 6) is 1.67. The fourth-order valence-electron chi connectivity index (χ4n) is 11.6. The molecule has 5 rings (SSSR count). The first-order chi connectivity index (χ1) is 18.9. The number of nitrogens with one attached hydrogen (secondary N) is 1. The highest BCUT2D eigenvalue weighted by atomic mass is 16.5. The lowest BCUT2D eigenvalue weighted by Gasteiger charge is -2.71. The second-order valence-electron chi connectivity index (χ2n) is 17.4. The van der Waals surface area contributed by atoms with Crippen molar-refractivity contribution in [3.8, 4) is 0 Å². The first kappa shape index (κ1) is 31.1. The molecule has 0 spiro atoms. The van der Waals surface area contributed by atoms with E-state index in [0.717, 1.165) is 64.5 Å². The molecule has 5 heteroatoms. The minimum Gasteiger partial charge on any atom is -0.462 e. The molecule has 0 aromatic heterocycles. The minimum atomic E-state index is -0.262. The van der Waals surface area contributed by atoms with Crippen molar-refractivity contribution in [2.75, 3.05) is 27.2 Å². The summed E-state index contributed by atoms with van der Waals surface area (Å²) in [6, 6.07) is 0. The molecule has 0 saturated heterocycles. The number of likely N-dealkylation sites (N-methyl/N-ethyl adjacent to an activating group) is 1. The quantitative estimate of drug-likeness (QED) is 0.277. The van der Waals surface area contributed by atoms with Gasteiger partial charge in [-0.05, 0) is 118 Å². The third-order valence-corrected chi connectivity index (χ3v) is 14.2. The van der Waals surface area contributed by atoms with Gasteiger partial charge in [-0.1, -0.05) is 60.1 Å². The van der Waals surface area contributed by atoms with Gasteiger partial charge in [-0.2, -0.15) is 0 Å². The van der Waals surface area contributed by atoms with Crippen LogP contribution in [0, 0.1) is 50.2 Å². The first-order valence-corrected chi connectivity index (χ1v) is 16.7. The molecule has 1 amide bonds. The van der Waals surface area contributed by atoms with Crippen LogP contribution < -0.4 is 5.32 Å². The van der Waals surface area contributed by atoms with E-state index in [2.05, 4.69) is 78.9 Å². The lowest BCUT2D eigenvalue weighted by Crippen LogP contribution is -2.65. The third-order valence-electron chi connectivity index (χ3n) is 14.2. The Morgan fingerprint density at radius 2 is 1.61 bits per heavy atom. The van der Waals surface area contributed by atoms with Crippen molar-refractivity contribution in [1.82, 2.24) is 10.2 Å². The molecule has 0 radical (unpaired) electrons.